The lowest BCUT2D eigenvalue weighted by molar-refractivity contribution is -0.383. The summed E-state index contributed by atoms with van der Waals surface area (Å²) in [6.07, 6.45) is -6.03. The number of anilines is 1. The molecule has 2 fully saturated rings. The molecule has 2 aliphatic heterocycles. The molecule has 2 aliphatic rings. The van der Waals surface area contributed by atoms with E-state index < -0.39 is 57.3 Å². The van der Waals surface area contributed by atoms with Crippen LogP contribution in [0, 0.1) is 10.1 Å². The number of piperidine rings is 1. The molecule has 14 heteroatoms. The Morgan fingerprint density at radius 2 is 1.89 bits per heavy atom. The van der Waals surface area contributed by atoms with Crippen molar-refractivity contribution < 1.29 is 37.1 Å². The summed E-state index contributed by atoms with van der Waals surface area (Å²) in [6, 6.07) is 10.1. The molecule has 1 aromatic heterocycles. The number of esters is 1. The number of carbonyl (C=O) groups excluding carboxylic acids is 1. The van der Waals surface area contributed by atoms with Crippen molar-refractivity contribution in [3.8, 4) is 0 Å². The van der Waals surface area contributed by atoms with E-state index in [1.165, 1.54) is 7.11 Å². The Balaban J connectivity index is 1.42. The summed E-state index contributed by atoms with van der Waals surface area (Å²) in [6.45, 7) is 0.497. The number of hydrogen-bond donors (Lipinski definition) is 0. The largest absolute Gasteiger partial charge is 0.467 e. The van der Waals surface area contributed by atoms with Gasteiger partial charge in [0.1, 0.15) is 10.8 Å². The number of halogens is 3. The molecule has 0 radical (unpaired) electrons. The average molecular weight is 551 g/mol. The van der Waals surface area contributed by atoms with Crippen LogP contribution in [0.4, 0.5) is 24.0 Å². The SMILES string of the molecule is COC(=O)[C@@H]1OC2(CCN(c3nc(=O)c4cc(C(F)(F)F)cc([N+](=O)[O-])c4s3)CC2)O[C@H]1c1ccccc1. The molecular weight excluding hydrogens is 531 g/mol. The molecule has 0 N–H and O–H groups in total. The third-order valence-electron chi connectivity index (χ3n) is 6.53. The van der Waals surface area contributed by atoms with E-state index in [1.54, 1.807) is 4.90 Å². The lowest BCUT2D eigenvalue weighted by Crippen LogP contribution is -2.46. The summed E-state index contributed by atoms with van der Waals surface area (Å²) in [4.78, 5) is 41.3. The fraction of sp³-hybridized carbons (Fsp3) is 0.375. The summed E-state index contributed by atoms with van der Waals surface area (Å²) >= 11 is 0.769. The molecule has 10 nitrogen and oxygen atoms in total. The van der Waals surface area contributed by atoms with Crippen LogP contribution in [-0.4, -0.2) is 48.0 Å². The smallest absolute Gasteiger partial charge is 0.416 e. The van der Waals surface area contributed by atoms with Gasteiger partial charge in [-0.05, 0) is 11.6 Å². The zero-order chi connectivity index (χ0) is 27.2. The van der Waals surface area contributed by atoms with Crippen molar-refractivity contribution in [3.05, 3.63) is 74.1 Å². The summed E-state index contributed by atoms with van der Waals surface area (Å²) < 4.78 is 56.8. The Labute approximate surface area is 216 Å². The first-order valence-electron chi connectivity index (χ1n) is 11.5. The summed E-state index contributed by atoms with van der Waals surface area (Å²) in [5, 5.41) is 11.2. The average Bonchev–Trinajstić information content (AvgIpc) is 3.27. The fourth-order valence-corrected chi connectivity index (χ4v) is 5.75. The van der Waals surface area contributed by atoms with Gasteiger partial charge in [0.05, 0.1) is 23.0 Å². The maximum Gasteiger partial charge on any atom is 0.416 e. The van der Waals surface area contributed by atoms with Gasteiger partial charge in [-0.3, -0.25) is 14.9 Å². The summed E-state index contributed by atoms with van der Waals surface area (Å²) in [7, 11) is 1.26. The van der Waals surface area contributed by atoms with Crippen LogP contribution < -0.4 is 10.5 Å². The maximum absolute atomic E-state index is 13.2. The Bertz CT molecular complexity index is 1460. The lowest BCUT2D eigenvalue weighted by atomic mass is 10.0. The normalized spacial score (nSPS) is 21.1. The number of hydrogen-bond acceptors (Lipinski definition) is 10. The van der Waals surface area contributed by atoms with Gasteiger partial charge < -0.3 is 19.1 Å². The molecular formula is C24H20F3N3O7S. The van der Waals surface area contributed by atoms with Crippen molar-refractivity contribution in [2.24, 2.45) is 0 Å². The molecule has 2 saturated heterocycles. The minimum atomic E-state index is -4.86. The molecule has 1 spiro atoms. The zero-order valence-electron chi connectivity index (χ0n) is 19.8. The van der Waals surface area contributed by atoms with Gasteiger partial charge in [-0.2, -0.15) is 18.2 Å². The number of methoxy groups -OCH3 is 1. The number of nitrogens with zero attached hydrogens (tertiary/aromatic N) is 3. The quantitative estimate of drug-likeness (QED) is 0.267. The van der Waals surface area contributed by atoms with E-state index in [9.17, 15) is 32.9 Å². The van der Waals surface area contributed by atoms with Crippen molar-refractivity contribution in [3.63, 3.8) is 0 Å². The highest BCUT2D eigenvalue weighted by molar-refractivity contribution is 7.22. The first kappa shape index (κ1) is 26.0. The molecule has 0 bridgehead atoms. The monoisotopic (exact) mass is 551 g/mol. The van der Waals surface area contributed by atoms with E-state index in [1.807, 2.05) is 30.3 Å². The van der Waals surface area contributed by atoms with E-state index in [-0.39, 0.29) is 35.8 Å². The third kappa shape index (κ3) is 4.70. The molecule has 2 atom stereocenters. The minimum absolute atomic E-state index is 0.127. The lowest BCUT2D eigenvalue weighted by Gasteiger charge is -2.38. The first-order chi connectivity index (χ1) is 18.0. The van der Waals surface area contributed by atoms with Gasteiger partial charge in [-0.15, -0.1) is 0 Å². The number of nitro benzene ring substituents is 1. The van der Waals surface area contributed by atoms with Gasteiger partial charge in [0.2, 0.25) is 0 Å². The second-order valence-corrected chi connectivity index (χ2v) is 9.81. The molecule has 3 heterocycles. The number of carbonyl (C=O) groups is 1. The molecule has 3 aromatic rings. The van der Waals surface area contributed by atoms with Gasteiger partial charge in [-0.25, -0.2) is 4.79 Å². The number of non-ortho nitro benzene ring substituents is 1. The van der Waals surface area contributed by atoms with Crippen LogP contribution in [0.3, 0.4) is 0 Å². The topological polar surface area (TPSA) is 121 Å². The molecule has 200 valence electrons. The van der Waals surface area contributed by atoms with E-state index in [2.05, 4.69) is 4.98 Å². The number of alkyl halides is 3. The third-order valence-corrected chi connectivity index (χ3v) is 7.70. The van der Waals surface area contributed by atoms with Gasteiger partial charge in [0, 0.05) is 32.0 Å². The molecule has 5 rings (SSSR count). The van der Waals surface area contributed by atoms with Crippen LogP contribution in [0.1, 0.15) is 30.1 Å². The number of ether oxygens (including phenoxy) is 3. The highest BCUT2D eigenvalue weighted by Gasteiger charge is 2.53. The van der Waals surface area contributed by atoms with Gasteiger partial charge in [-0.1, -0.05) is 41.7 Å². The molecule has 0 aliphatic carbocycles. The minimum Gasteiger partial charge on any atom is -0.467 e. The predicted molar refractivity (Wildman–Crippen MR) is 129 cm³/mol. The Kier molecular flexibility index (Phi) is 6.57. The van der Waals surface area contributed by atoms with Crippen LogP contribution in [0.15, 0.2) is 47.3 Å². The van der Waals surface area contributed by atoms with Crippen LogP contribution in [-0.2, 0) is 25.2 Å². The number of benzene rings is 2. The maximum atomic E-state index is 13.2. The molecule has 0 saturated carbocycles. The Morgan fingerprint density at radius 3 is 2.50 bits per heavy atom. The van der Waals surface area contributed by atoms with E-state index >= 15 is 0 Å². The second-order valence-electron chi connectivity index (χ2n) is 8.84. The molecule has 0 unspecified atom stereocenters. The number of fused-ring (bicyclic) bond motifs is 1. The number of rotatable bonds is 4. The standard InChI is InChI=1S/C24H20F3N3O7S/c1-35-21(32)18-17(13-5-3-2-4-6-13)36-23(37-18)7-9-29(10-8-23)22-28-20(31)15-11-14(24(25,26)27)12-16(30(33)34)19(15)38-22/h2-6,11-12,17-18H,7-10H2,1H3/t17-,18+/m0/s1. The van der Waals surface area contributed by atoms with Gasteiger partial charge >= 0.3 is 12.1 Å². The zero-order valence-corrected chi connectivity index (χ0v) is 20.6. The van der Waals surface area contributed by atoms with E-state index in [0.29, 0.717) is 12.1 Å². The van der Waals surface area contributed by atoms with Crippen molar-refractivity contribution >= 4 is 38.2 Å². The number of nitro groups is 1. The fourth-order valence-electron chi connectivity index (χ4n) is 4.64. The van der Waals surface area contributed by atoms with Crippen molar-refractivity contribution in [1.82, 2.24) is 4.98 Å². The number of aromatic nitrogens is 1. The summed E-state index contributed by atoms with van der Waals surface area (Å²) in [5.41, 5.74) is -2.36. The van der Waals surface area contributed by atoms with Crippen molar-refractivity contribution in [1.29, 1.82) is 0 Å². The van der Waals surface area contributed by atoms with Crippen molar-refractivity contribution in [2.75, 3.05) is 25.1 Å². The molecule has 2 aromatic carbocycles. The van der Waals surface area contributed by atoms with E-state index in [4.69, 9.17) is 14.2 Å². The Hall–Kier alpha value is -3.62. The highest BCUT2D eigenvalue weighted by Crippen LogP contribution is 2.45. The molecule has 0 amide bonds. The van der Waals surface area contributed by atoms with Gasteiger partial charge in [0.25, 0.3) is 11.2 Å². The van der Waals surface area contributed by atoms with Gasteiger partial charge in [0.15, 0.2) is 17.0 Å². The molecule has 38 heavy (non-hydrogen) atoms. The first-order valence-corrected chi connectivity index (χ1v) is 12.3. The highest BCUT2D eigenvalue weighted by atomic mass is 32.1. The van der Waals surface area contributed by atoms with Crippen LogP contribution >= 0.6 is 11.3 Å². The van der Waals surface area contributed by atoms with Crippen LogP contribution in [0.25, 0.3) is 10.1 Å². The second kappa shape index (κ2) is 9.60. The van der Waals surface area contributed by atoms with E-state index in [0.717, 1.165) is 16.9 Å². The Morgan fingerprint density at radius 1 is 1.21 bits per heavy atom. The van der Waals surface area contributed by atoms with Crippen molar-refractivity contribution in [2.45, 2.75) is 37.0 Å². The van der Waals surface area contributed by atoms with Crippen LogP contribution in [0.2, 0.25) is 0 Å². The van der Waals surface area contributed by atoms with Crippen LogP contribution in [0.5, 0.6) is 0 Å². The predicted octanol–water partition coefficient (Wildman–Crippen LogP) is 4.21. The summed E-state index contributed by atoms with van der Waals surface area (Å²) in [5.74, 6) is -1.70.